The minimum absolute atomic E-state index is 0.866. The molecule has 2 fully saturated rings. The summed E-state index contributed by atoms with van der Waals surface area (Å²) in [5.74, 6) is 1.95. The lowest BCUT2D eigenvalue weighted by atomic mass is 10.2. The molecule has 0 bridgehead atoms. The van der Waals surface area contributed by atoms with E-state index in [1.807, 2.05) is 0 Å². The molecule has 6 heteroatoms. The van der Waals surface area contributed by atoms with Crippen LogP contribution in [0.25, 0.3) is 10.9 Å². The van der Waals surface area contributed by atoms with Gasteiger partial charge in [0.25, 0.3) is 0 Å². The average Bonchev–Trinajstić information content (AvgIpc) is 2.80. The van der Waals surface area contributed by atoms with Gasteiger partial charge in [0, 0.05) is 63.4 Å². The first kappa shape index (κ1) is 18.2. The largest absolute Gasteiger partial charge is 0.368 e. The molecule has 29 heavy (non-hydrogen) atoms. The van der Waals surface area contributed by atoms with Crippen LogP contribution in [0.3, 0.4) is 0 Å². The molecule has 2 aromatic carbocycles. The topological polar surface area (TPSA) is 38.7 Å². The Balaban J connectivity index is 1.41. The van der Waals surface area contributed by atoms with E-state index in [4.69, 9.17) is 9.97 Å². The highest BCUT2D eigenvalue weighted by Crippen LogP contribution is 2.28. The van der Waals surface area contributed by atoms with Gasteiger partial charge in [-0.15, -0.1) is 0 Å². The second kappa shape index (κ2) is 7.87. The fourth-order valence-electron chi connectivity index (χ4n) is 4.25. The highest BCUT2D eigenvalue weighted by Gasteiger charge is 2.23. The molecule has 0 N–H and O–H groups in total. The molecule has 2 saturated heterocycles. The smallest absolute Gasteiger partial charge is 0.228 e. The Morgan fingerprint density at radius 1 is 0.621 bits per heavy atom. The normalized spacial score (nSPS) is 18.4. The molecule has 2 aliphatic heterocycles. The first-order valence-electron chi connectivity index (χ1n) is 10.5. The van der Waals surface area contributed by atoms with E-state index in [1.54, 1.807) is 0 Å². The van der Waals surface area contributed by atoms with Crippen LogP contribution < -0.4 is 14.7 Å². The zero-order valence-corrected chi connectivity index (χ0v) is 17.0. The molecule has 3 heterocycles. The Hall–Kier alpha value is -2.86. The number of aromatic nitrogens is 2. The summed E-state index contributed by atoms with van der Waals surface area (Å²) in [5.41, 5.74) is 2.33. The van der Waals surface area contributed by atoms with E-state index in [0.29, 0.717) is 0 Å². The first-order chi connectivity index (χ1) is 14.3. The van der Waals surface area contributed by atoms with Crippen LogP contribution in [0.2, 0.25) is 0 Å². The Kier molecular flexibility index (Phi) is 4.94. The van der Waals surface area contributed by atoms with Crippen molar-refractivity contribution in [1.82, 2.24) is 14.9 Å². The van der Waals surface area contributed by atoms with Crippen LogP contribution in [0.1, 0.15) is 0 Å². The molecular formula is C23H28N6. The fourth-order valence-corrected chi connectivity index (χ4v) is 4.25. The third-order valence-corrected chi connectivity index (χ3v) is 6.06. The van der Waals surface area contributed by atoms with Crippen molar-refractivity contribution in [2.24, 2.45) is 0 Å². The van der Waals surface area contributed by atoms with Gasteiger partial charge in [-0.05, 0) is 31.3 Å². The van der Waals surface area contributed by atoms with Crippen molar-refractivity contribution in [2.75, 3.05) is 74.1 Å². The summed E-state index contributed by atoms with van der Waals surface area (Å²) in [4.78, 5) is 19.6. The lowest BCUT2D eigenvalue weighted by molar-refractivity contribution is 0.312. The molecule has 0 radical (unpaired) electrons. The third-order valence-electron chi connectivity index (χ3n) is 6.06. The first-order valence-corrected chi connectivity index (χ1v) is 10.5. The molecule has 0 spiro atoms. The van der Waals surface area contributed by atoms with E-state index in [9.17, 15) is 0 Å². The SMILES string of the molecule is CN1CCN(c2nc(N3CCN(c4ccccc4)CC3)nc3ccccc23)CC1. The highest BCUT2D eigenvalue weighted by molar-refractivity contribution is 5.90. The minimum Gasteiger partial charge on any atom is -0.368 e. The van der Waals surface area contributed by atoms with Crippen LogP contribution in [0.15, 0.2) is 54.6 Å². The standard InChI is InChI=1S/C23H28N6/c1-26-11-13-28(14-12-26)22-20-9-5-6-10-21(20)24-23(25-22)29-17-15-27(16-18-29)19-7-3-2-4-8-19/h2-10H,11-18H2,1H3. The van der Waals surface area contributed by atoms with Crippen LogP contribution in [0.5, 0.6) is 0 Å². The van der Waals surface area contributed by atoms with E-state index >= 15 is 0 Å². The molecule has 0 saturated carbocycles. The number of likely N-dealkylation sites (N-methyl/N-ethyl adjacent to an activating group) is 1. The van der Waals surface area contributed by atoms with E-state index < -0.39 is 0 Å². The maximum absolute atomic E-state index is 5.07. The van der Waals surface area contributed by atoms with Crippen molar-refractivity contribution < 1.29 is 0 Å². The monoisotopic (exact) mass is 388 g/mol. The second-order valence-corrected chi connectivity index (χ2v) is 7.96. The predicted octanol–water partition coefficient (Wildman–Crippen LogP) is 2.71. The summed E-state index contributed by atoms with van der Waals surface area (Å²) < 4.78 is 0. The van der Waals surface area contributed by atoms with Crippen molar-refractivity contribution in [3.05, 3.63) is 54.6 Å². The molecule has 0 amide bonds. The summed E-state index contributed by atoms with van der Waals surface area (Å²) in [5, 5.41) is 1.16. The lowest BCUT2D eigenvalue weighted by Crippen LogP contribution is -2.47. The summed E-state index contributed by atoms with van der Waals surface area (Å²) in [6.07, 6.45) is 0. The summed E-state index contributed by atoms with van der Waals surface area (Å²) in [6.45, 7) is 8.03. The maximum Gasteiger partial charge on any atom is 0.228 e. The number of para-hydroxylation sites is 2. The summed E-state index contributed by atoms with van der Waals surface area (Å²) in [7, 11) is 2.19. The number of nitrogens with zero attached hydrogens (tertiary/aromatic N) is 6. The minimum atomic E-state index is 0.866. The number of anilines is 3. The Labute approximate surface area is 172 Å². The molecule has 0 aliphatic carbocycles. The van der Waals surface area contributed by atoms with Crippen molar-refractivity contribution >= 4 is 28.4 Å². The van der Waals surface area contributed by atoms with Gasteiger partial charge in [0.05, 0.1) is 5.52 Å². The van der Waals surface area contributed by atoms with Crippen LogP contribution in [0, 0.1) is 0 Å². The van der Waals surface area contributed by atoms with E-state index in [2.05, 4.69) is 81.2 Å². The molecule has 1 aromatic heterocycles. The Morgan fingerprint density at radius 2 is 1.24 bits per heavy atom. The molecule has 0 atom stereocenters. The Morgan fingerprint density at radius 3 is 2.00 bits per heavy atom. The van der Waals surface area contributed by atoms with Gasteiger partial charge in [-0.3, -0.25) is 0 Å². The van der Waals surface area contributed by atoms with Crippen molar-refractivity contribution in [3.63, 3.8) is 0 Å². The molecule has 6 nitrogen and oxygen atoms in total. The number of benzene rings is 2. The molecule has 5 rings (SSSR count). The molecule has 0 unspecified atom stereocenters. The number of rotatable bonds is 3. The van der Waals surface area contributed by atoms with Crippen LogP contribution in [-0.2, 0) is 0 Å². The van der Waals surface area contributed by atoms with Gasteiger partial charge in [0.1, 0.15) is 5.82 Å². The van der Waals surface area contributed by atoms with Gasteiger partial charge >= 0.3 is 0 Å². The maximum atomic E-state index is 5.07. The van der Waals surface area contributed by atoms with Crippen LogP contribution in [0.4, 0.5) is 17.5 Å². The van der Waals surface area contributed by atoms with Crippen LogP contribution in [-0.4, -0.2) is 74.3 Å². The van der Waals surface area contributed by atoms with E-state index in [0.717, 1.165) is 75.0 Å². The van der Waals surface area contributed by atoms with E-state index in [1.165, 1.54) is 5.69 Å². The van der Waals surface area contributed by atoms with Gasteiger partial charge in [0.2, 0.25) is 5.95 Å². The molecule has 150 valence electrons. The second-order valence-electron chi connectivity index (χ2n) is 7.96. The molecule has 3 aromatic rings. The van der Waals surface area contributed by atoms with Crippen molar-refractivity contribution in [1.29, 1.82) is 0 Å². The number of fused-ring (bicyclic) bond motifs is 1. The third kappa shape index (κ3) is 3.72. The summed E-state index contributed by atoms with van der Waals surface area (Å²) >= 11 is 0. The van der Waals surface area contributed by atoms with Gasteiger partial charge in [-0.25, -0.2) is 4.98 Å². The molecule has 2 aliphatic rings. The van der Waals surface area contributed by atoms with E-state index in [-0.39, 0.29) is 0 Å². The van der Waals surface area contributed by atoms with Crippen molar-refractivity contribution in [2.45, 2.75) is 0 Å². The average molecular weight is 389 g/mol. The van der Waals surface area contributed by atoms with Crippen LogP contribution >= 0.6 is 0 Å². The lowest BCUT2D eigenvalue weighted by Gasteiger charge is -2.37. The number of hydrogen-bond donors (Lipinski definition) is 0. The van der Waals surface area contributed by atoms with Gasteiger partial charge in [-0.2, -0.15) is 4.98 Å². The number of hydrogen-bond acceptors (Lipinski definition) is 6. The van der Waals surface area contributed by atoms with Gasteiger partial charge < -0.3 is 19.6 Å². The van der Waals surface area contributed by atoms with Crippen molar-refractivity contribution in [3.8, 4) is 0 Å². The van der Waals surface area contributed by atoms with Gasteiger partial charge in [0.15, 0.2) is 0 Å². The predicted molar refractivity (Wildman–Crippen MR) is 120 cm³/mol. The Bertz CT molecular complexity index is 960. The highest BCUT2D eigenvalue weighted by atomic mass is 15.3. The number of piperazine rings is 2. The fraction of sp³-hybridized carbons (Fsp3) is 0.391. The zero-order valence-electron chi connectivity index (χ0n) is 17.0. The van der Waals surface area contributed by atoms with Gasteiger partial charge in [-0.1, -0.05) is 30.3 Å². The summed E-state index contributed by atoms with van der Waals surface area (Å²) in [6, 6.07) is 19.1. The molecular weight excluding hydrogens is 360 g/mol. The quantitative estimate of drug-likeness (QED) is 0.687. The zero-order chi connectivity index (χ0) is 19.6.